The van der Waals surface area contributed by atoms with Crippen molar-refractivity contribution in [2.45, 2.75) is 38.3 Å². The fraction of sp³-hybridized carbons (Fsp3) is 0.480. The molecule has 4 nitrogen and oxygen atoms in total. The van der Waals surface area contributed by atoms with Crippen LogP contribution in [-0.4, -0.2) is 55.0 Å². The topological polar surface area (TPSA) is 35.6 Å². The standard InChI is InChI=1S/C25H33N3O/c1-27-15-7-12-24(27)25(29)26-18-20-13-16-28(17-14-20)19-22-10-5-6-11-23(22)21-8-3-2-4-9-21/h2-6,8-11,20,24H,7,12-19H2,1H3,(H,26,29)/t24-/m0/s1. The third-order valence-electron chi connectivity index (χ3n) is 6.59. The molecule has 2 aromatic carbocycles. The van der Waals surface area contributed by atoms with Gasteiger partial charge in [0.25, 0.3) is 0 Å². The first-order valence-corrected chi connectivity index (χ1v) is 11.0. The lowest BCUT2D eigenvalue weighted by Crippen LogP contribution is -2.44. The van der Waals surface area contributed by atoms with Gasteiger partial charge in [-0.2, -0.15) is 0 Å². The lowest BCUT2D eigenvalue weighted by atomic mass is 9.95. The molecule has 1 N–H and O–H groups in total. The summed E-state index contributed by atoms with van der Waals surface area (Å²) < 4.78 is 0. The van der Waals surface area contributed by atoms with E-state index in [-0.39, 0.29) is 11.9 Å². The van der Waals surface area contributed by atoms with Gasteiger partial charge in [0.15, 0.2) is 0 Å². The summed E-state index contributed by atoms with van der Waals surface area (Å²) in [7, 11) is 2.06. The molecule has 0 aliphatic carbocycles. The van der Waals surface area contributed by atoms with Crippen LogP contribution < -0.4 is 5.32 Å². The molecule has 29 heavy (non-hydrogen) atoms. The first-order valence-electron chi connectivity index (χ1n) is 11.0. The monoisotopic (exact) mass is 391 g/mol. The molecule has 2 saturated heterocycles. The molecule has 0 aromatic heterocycles. The summed E-state index contributed by atoms with van der Waals surface area (Å²) in [5.41, 5.74) is 4.02. The Kier molecular flexibility index (Phi) is 6.63. The Labute approximate surface area is 174 Å². The fourth-order valence-corrected chi connectivity index (χ4v) is 4.75. The van der Waals surface area contributed by atoms with Crippen LogP contribution >= 0.6 is 0 Å². The number of benzene rings is 2. The quantitative estimate of drug-likeness (QED) is 0.814. The molecule has 0 radical (unpaired) electrons. The third kappa shape index (κ3) is 5.06. The normalized spacial score (nSPS) is 21.3. The molecular weight excluding hydrogens is 358 g/mol. The van der Waals surface area contributed by atoms with Crippen molar-refractivity contribution in [1.29, 1.82) is 0 Å². The van der Waals surface area contributed by atoms with Crippen LogP contribution in [0, 0.1) is 5.92 Å². The van der Waals surface area contributed by atoms with E-state index < -0.39 is 0 Å². The second-order valence-corrected chi connectivity index (χ2v) is 8.63. The van der Waals surface area contributed by atoms with Gasteiger partial charge in [-0.15, -0.1) is 0 Å². The molecule has 0 spiro atoms. The molecule has 4 rings (SSSR count). The first-order chi connectivity index (χ1) is 14.2. The maximum atomic E-state index is 12.4. The van der Waals surface area contributed by atoms with E-state index in [0.717, 1.165) is 58.4 Å². The van der Waals surface area contributed by atoms with E-state index in [1.807, 2.05) is 0 Å². The Morgan fingerprint density at radius 2 is 1.69 bits per heavy atom. The Morgan fingerprint density at radius 1 is 0.966 bits per heavy atom. The minimum Gasteiger partial charge on any atom is -0.354 e. The van der Waals surface area contributed by atoms with Crippen LogP contribution in [0.2, 0.25) is 0 Å². The summed E-state index contributed by atoms with van der Waals surface area (Å²) in [6.45, 7) is 5.08. The number of nitrogens with one attached hydrogen (secondary N) is 1. The number of likely N-dealkylation sites (tertiary alicyclic amines) is 2. The second-order valence-electron chi connectivity index (χ2n) is 8.63. The maximum Gasteiger partial charge on any atom is 0.237 e. The molecule has 2 fully saturated rings. The molecule has 2 aromatic rings. The van der Waals surface area contributed by atoms with Gasteiger partial charge in [0.05, 0.1) is 6.04 Å². The number of likely N-dealkylation sites (N-methyl/N-ethyl adjacent to an activating group) is 1. The van der Waals surface area contributed by atoms with Gasteiger partial charge in [-0.1, -0.05) is 54.6 Å². The van der Waals surface area contributed by atoms with Crippen LogP contribution in [-0.2, 0) is 11.3 Å². The highest BCUT2D eigenvalue weighted by Crippen LogP contribution is 2.26. The van der Waals surface area contributed by atoms with E-state index in [1.54, 1.807) is 0 Å². The molecule has 2 heterocycles. The largest absolute Gasteiger partial charge is 0.354 e. The Morgan fingerprint density at radius 3 is 2.41 bits per heavy atom. The smallest absolute Gasteiger partial charge is 0.237 e. The second kappa shape index (κ2) is 9.55. The summed E-state index contributed by atoms with van der Waals surface area (Å²) in [6, 6.07) is 19.5. The van der Waals surface area contributed by atoms with E-state index in [1.165, 1.54) is 16.7 Å². The molecule has 2 aliphatic rings. The van der Waals surface area contributed by atoms with E-state index in [2.05, 4.69) is 76.8 Å². The predicted octanol–water partition coefficient (Wildman–Crippen LogP) is 3.78. The number of nitrogens with zero attached hydrogens (tertiary/aromatic N) is 2. The first kappa shape index (κ1) is 20.1. The lowest BCUT2D eigenvalue weighted by molar-refractivity contribution is -0.125. The highest BCUT2D eigenvalue weighted by Gasteiger charge is 2.28. The van der Waals surface area contributed by atoms with Crippen LogP contribution in [0.1, 0.15) is 31.2 Å². The van der Waals surface area contributed by atoms with Crippen molar-refractivity contribution in [2.75, 3.05) is 33.2 Å². The van der Waals surface area contributed by atoms with E-state index >= 15 is 0 Å². The summed E-state index contributed by atoms with van der Waals surface area (Å²) in [6.07, 6.45) is 4.46. The molecular formula is C25H33N3O. The fourth-order valence-electron chi connectivity index (χ4n) is 4.75. The minimum atomic E-state index is 0.0876. The van der Waals surface area contributed by atoms with E-state index in [0.29, 0.717) is 5.92 Å². The Balaban J connectivity index is 1.27. The van der Waals surface area contributed by atoms with Crippen LogP contribution in [0.15, 0.2) is 54.6 Å². The molecule has 4 heteroatoms. The number of carbonyl (C=O) groups is 1. The van der Waals surface area contributed by atoms with Crippen molar-refractivity contribution in [2.24, 2.45) is 5.92 Å². The third-order valence-corrected chi connectivity index (χ3v) is 6.59. The molecule has 154 valence electrons. The van der Waals surface area contributed by atoms with Gasteiger partial charge in [-0.3, -0.25) is 14.6 Å². The van der Waals surface area contributed by atoms with Crippen molar-refractivity contribution in [3.63, 3.8) is 0 Å². The van der Waals surface area contributed by atoms with Crippen molar-refractivity contribution in [3.05, 3.63) is 60.2 Å². The lowest BCUT2D eigenvalue weighted by Gasteiger charge is -2.33. The Bertz CT molecular complexity index is 799. The number of hydrogen-bond acceptors (Lipinski definition) is 3. The predicted molar refractivity (Wildman–Crippen MR) is 119 cm³/mol. The van der Waals surface area contributed by atoms with Gasteiger partial charge in [0, 0.05) is 13.1 Å². The maximum absolute atomic E-state index is 12.4. The summed E-state index contributed by atoms with van der Waals surface area (Å²) >= 11 is 0. The number of carbonyl (C=O) groups excluding carboxylic acids is 1. The van der Waals surface area contributed by atoms with Crippen molar-refractivity contribution >= 4 is 5.91 Å². The van der Waals surface area contributed by atoms with Crippen LogP contribution in [0.3, 0.4) is 0 Å². The van der Waals surface area contributed by atoms with Crippen LogP contribution in [0.4, 0.5) is 0 Å². The van der Waals surface area contributed by atoms with Gasteiger partial charge in [0.1, 0.15) is 0 Å². The van der Waals surface area contributed by atoms with Gasteiger partial charge in [0.2, 0.25) is 5.91 Å². The van der Waals surface area contributed by atoms with Crippen molar-refractivity contribution in [1.82, 2.24) is 15.1 Å². The number of rotatable bonds is 6. The summed E-state index contributed by atoms with van der Waals surface area (Å²) in [5, 5.41) is 3.22. The molecule has 2 aliphatic heterocycles. The zero-order valence-electron chi connectivity index (χ0n) is 17.5. The van der Waals surface area contributed by atoms with E-state index in [4.69, 9.17) is 0 Å². The van der Waals surface area contributed by atoms with Crippen molar-refractivity contribution in [3.8, 4) is 11.1 Å². The summed E-state index contributed by atoms with van der Waals surface area (Å²) in [5.74, 6) is 0.829. The van der Waals surface area contributed by atoms with Gasteiger partial charge in [-0.05, 0) is 75.0 Å². The molecule has 1 atom stereocenters. The Hall–Kier alpha value is -2.17. The van der Waals surface area contributed by atoms with E-state index in [9.17, 15) is 4.79 Å². The molecule has 1 amide bonds. The molecule has 0 bridgehead atoms. The van der Waals surface area contributed by atoms with Gasteiger partial charge in [-0.25, -0.2) is 0 Å². The number of hydrogen-bond donors (Lipinski definition) is 1. The van der Waals surface area contributed by atoms with Gasteiger partial charge >= 0.3 is 0 Å². The zero-order chi connectivity index (χ0) is 20.1. The van der Waals surface area contributed by atoms with Gasteiger partial charge < -0.3 is 5.32 Å². The van der Waals surface area contributed by atoms with Crippen LogP contribution in [0.5, 0.6) is 0 Å². The highest BCUT2D eigenvalue weighted by molar-refractivity contribution is 5.82. The minimum absolute atomic E-state index is 0.0876. The zero-order valence-corrected chi connectivity index (χ0v) is 17.5. The number of amides is 1. The van der Waals surface area contributed by atoms with Crippen molar-refractivity contribution < 1.29 is 4.79 Å². The SMILES string of the molecule is CN1CCC[C@H]1C(=O)NCC1CCN(Cc2ccccc2-c2ccccc2)CC1. The average molecular weight is 392 g/mol. The molecule has 0 saturated carbocycles. The average Bonchev–Trinajstić information content (AvgIpc) is 3.20. The number of piperidine rings is 1. The summed E-state index contributed by atoms with van der Waals surface area (Å²) in [4.78, 5) is 17.2. The highest BCUT2D eigenvalue weighted by atomic mass is 16.2. The molecule has 0 unspecified atom stereocenters. The van der Waals surface area contributed by atoms with Crippen LogP contribution in [0.25, 0.3) is 11.1 Å².